The highest BCUT2D eigenvalue weighted by Gasteiger charge is 1.94. The fourth-order valence-electron chi connectivity index (χ4n) is 0.967. The summed E-state index contributed by atoms with van der Waals surface area (Å²) in [5.41, 5.74) is 6.61. The van der Waals surface area contributed by atoms with Crippen LogP contribution in [0, 0.1) is 0 Å². The molecule has 0 spiro atoms. The molecule has 0 amide bonds. The molecule has 0 atom stereocenters. The first kappa shape index (κ1) is 9.57. The van der Waals surface area contributed by atoms with Gasteiger partial charge in [-0.05, 0) is 6.92 Å². The van der Waals surface area contributed by atoms with Crippen molar-refractivity contribution in [3.05, 3.63) is 18.0 Å². The van der Waals surface area contributed by atoms with Gasteiger partial charge in [0.25, 0.3) is 0 Å². The number of hydrogen-bond acceptors (Lipinski definition) is 2. The SMILES string of the molecule is CCNC(N)=NCc1cnn(C)c1. The Balaban J connectivity index is 2.46. The van der Waals surface area contributed by atoms with Gasteiger partial charge in [-0.1, -0.05) is 0 Å². The maximum absolute atomic E-state index is 5.55. The van der Waals surface area contributed by atoms with E-state index >= 15 is 0 Å². The fraction of sp³-hybridized carbons (Fsp3) is 0.500. The largest absolute Gasteiger partial charge is 0.370 e. The van der Waals surface area contributed by atoms with Crippen LogP contribution in [-0.2, 0) is 13.6 Å². The van der Waals surface area contributed by atoms with Crippen molar-refractivity contribution in [3.8, 4) is 0 Å². The van der Waals surface area contributed by atoms with Crippen LogP contribution >= 0.6 is 0 Å². The van der Waals surface area contributed by atoms with Crippen molar-refractivity contribution in [3.63, 3.8) is 0 Å². The molecule has 72 valence electrons. The molecule has 13 heavy (non-hydrogen) atoms. The van der Waals surface area contributed by atoms with Gasteiger partial charge in [-0.25, -0.2) is 4.99 Å². The molecule has 0 fully saturated rings. The minimum Gasteiger partial charge on any atom is -0.370 e. The summed E-state index contributed by atoms with van der Waals surface area (Å²) in [5, 5.41) is 6.95. The van der Waals surface area contributed by atoms with Crippen molar-refractivity contribution in [1.29, 1.82) is 0 Å². The number of aromatic nitrogens is 2. The van der Waals surface area contributed by atoms with Gasteiger partial charge < -0.3 is 11.1 Å². The molecule has 0 aliphatic rings. The number of hydrogen-bond donors (Lipinski definition) is 2. The molecule has 0 saturated carbocycles. The van der Waals surface area contributed by atoms with Gasteiger partial charge in [-0.3, -0.25) is 4.68 Å². The molecule has 0 aromatic carbocycles. The second-order valence-electron chi connectivity index (χ2n) is 2.75. The number of nitrogens with two attached hydrogens (primary N) is 1. The summed E-state index contributed by atoms with van der Waals surface area (Å²) in [6.45, 7) is 3.35. The van der Waals surface area contributed by atoms with E-state index in [1.165, 1.54) is 0 Å². The van der Waals surface area contributed by atoms with Gasteiger partial charge in [0.05, 0.1) is 12.7 Å². The van der Waals surface area contributed by atoms with Gasteiger partial charge in [0.15, 0.2) is 5.96 Å². The van der Waals surface area contributed by atoms with E-state index in [9.17, 15) is 0 Å². The van der Waals surface area contributed by atoms with Gasteiger partial charge in [-0.15, -0.1) is 0 Å². The first-order chi connectivity index (χ1) is 6.22. The first-order valence-corrected chi connectivity index (χ1v) is 4.23. The number of rotatable bonds is 3. The molecule has 0 aliphatic heterocycles. The van der Waals surface area contributed by atoms with Crippen LogP contribution < -0.4 is 11.1 Å². The highest BCUT2D eigenvalue weighted by Crippen LogP contribution is 1.97. The van der Waals surface area contributed by atoms with Crippen molar-refractivity contribution in [2.24, 2.45) is 17.8 Å². The van der Waals surface area contributed by atoms with Gasteiger partial charge in [0.1, 0.15) is 0 Å². The van der Waals surface area contributed by atoms with Gasteiger partial charge in [0.2, 0.25) is 0 Å². The van der Waals surface area contributed by atoms with Crippen LogP contribution in [0.3, 0.4) is 0 Å². The van der Waals surface area contributed by atoms with E-state index in [0.717, 1.165) is 12.1 Å². The summed E-state index contributed by atoms with van der Waals surface area (Å²) >= 11 is 0. The van der Waals surface area contributed by atoms with Crippen LogP contribution in [-0.4, -0.2) is 22.3 Å². The summed E-state index contributed by atoms with van der Waals surface area (Å²) in [6.07, 6.45) is 3.70. The molecule has 3 N–H and O–H groups in total. The molecule has 1 aromatic rings. The van der Waals surface area contributed by atoms with Crippen LogP contribution in [0.1, 0.15) is 12.5 Å². The Morgan fingerprint density at radius 2 is 2.54 bits per heavy atom. The first-order valence-electron chi connectivity index (χ1n) is 4.23. The minimum atomic E-state index is 0.478. The smallest absolute Gasteiger partial charge is 0.188 e. The molecule has 0 bridgehead atoms. The maximum atomic E-state index is 5.55. The number of guanidine groups is 1. The van der Waals surface area contributed by atoms with E-state index in [0.29, 0.717) is 12.5 Å². The lowest BCUT2D eigenvalue weighted by Crippen LogP contribution is -2.31. The Hall–Kier alpha value is -1.52. The van der Waals surface area contributed by atoms with Crippen molar-refractivity contribution < 1.29 is 0 Å². The summed E-state index contributed by atoms with van der Waals surface area (Å²) in [5.74, 6) is 0.478. The number of nitrogens with zero attached hydrogens (tertiary/aromatic N) is 3. The summed E-state index contributed by atoms with van der Waals surface area (Å²) in [7, 11) is 1.88. The van der Waals surface area contributed by atoms with Gasteiger partial charge >= 0.3 is 0 Å². The monoisotopic (exact) mass is 181 g/mol. The number of aryl methyl sites for hydroxylation is 1. The van der Waals surface area contributed by atoms with E-state index in [1.54, 1.807) is 10.9 Å². The van der Waals surface area contributed by atoms with Crippen molar-refractivity contribution in [1.82, 2.24) is 15.1 Å². The van der Waals surface area contributed by atoms with Crippen molar-refractivity contribution in [2.45, 2.75) is 13.5 Å². The molecule has 0 aliphatic carbocycles. The quantitative estimate of drug-likeness (QED) is 0.503. The Kier molecular flexibility index (Phi) is 3.31. The minimum absolute atomic E-state index is 0.478. The zero-order chi connectivity index (χ0) is 9.68. The van der Waals surface area contributed by atoms with Crippen LogP contribution in [0.2, 0.25) is 0 Å². The second kappa shape index (κ2) is 4.49. The summed E-state index contributed by atoms with van der Waals surface area (Å²) in [4.78, 5) is 4.13. The predicted molar refractivity (Wildman–Crippen MR) is 52.2 cm³/mol. The summed E-state index contributed by atoms with van der Waals surface area (Å²) in [6, 6.07) is 0. The number of nitrogens with one attached hydrogen (secondary N) is 1. The van der Waals surface area contributed by atoms with Gasteiger partial charge in [0, 0.05) is 25.4 Å². The number of aliphatic imine (C=N–C) groups is 1. The van der Waals surface area contributed by atoms with Crippen LogP contribution in [0.25, 0.3) is 0 Å². The zero-order valence-corrected chi connectivity index (χ0v) is 7.99. The van der Waals surface area contributed by atoms with Crippen molar-refractivity contribution >= 4 is 5.96 Å². The Morgan fingerprint density at radius 1 is 1.77 bits per heavy atom. The third kappa shape index (κ3) is 3.14. The molecule has 0 saturated heterocycles. The van der Waals surface area contributed by atoms with Crippen molar-refractivity contribution in [2.75, 3.05) is 6.54 Å². The maximum Gasteiger partial charge on any atom is 0.188 e. The molecular formula is C8H15N5. The lowest BCUT2D eigenvalue weighted by Gasteiger charge is -1.99. The Labute approximate surface area is 77.6 Å². The van der Waals surface area contributed by atoms with Crippen LogP contribution in [0.5, 0.6) is 0 Å². The highest BCUT2D eigenvalue weighted by molar-refractivity contribution is 5.77. The zero-order valence-electron chi connectivity index (χ0n) is 7.99. The molecule has 0 radical (unpaired) electrons. The molecule has 5 nitrogen and oxygen atoms in total. The van der Waals surface area contributed by atoms with E-state index in [2.05, 4.69) is 15.4 Å². The molecule has 0 unspecified atom stereocenters. The third-order valence-corrected chi connectivity index (χ3v) is 1.55. The lowest BCUT2D eigenvalue weighted by molar-refractivity contribution is 0.766. The van der Waals surface area contributed by atoms with E-state index in [1.807, 2.05) is 20.2 Å². The van der Waals surface area contributed by atoms with Gasteiger partial charge in [-0.2, -0.15) is 5.10 Å². The van der Waals surface area contributed by atoms with E-state index < -0.39 is 0 Å². The van der Waals surface area contributed by atoms with E-state index in [4.69, 9.17) is 5.73 Å². The summed E-state index contributed by atoms with van der Waals surface area (Å²) < 4.78 is 1.74. The molecular weight excluding hydrogens is 166 g/mol. The van der Waals surface area contributed by atoms with Crippen LogP contribution in [0.15, 0.2) is 17.4 Å². The molecule has 5 heteroatoms. The Bertz CT molecular complexity index is 288. The highest BCUT2D eigenvalue weighted by atomic mass is 15.2. The predicted octanol–water partition coefficient (Wildman–Crippen LogP) is -0.156. The second-order valence-corrected chi connectivity index (χ2v) is 2.75. The standard InChI is InChI=1S/C8H15N5/c1-3-10-8(9)11-4-7-5-12-13(2)6-7/h5-6H,3-4H2,1-2H3,(H3,9,10,11). The van der Waals surface area contributed by atoms with E-state index in [-0.39, 0.29) is 0 Å². The molecule has 1 rings (SSSR count). The Morgan fingerprint density at radius 3 is 3.08 bits per heavy atom. The topological polar surface area (TPSA) is 68.2 Å². The lowest BCUT2D eigenvalue weighted by atomic mass is 10.4. The molecule has 1 heterocycles. The third-order valence-electron chi connectivity index (χ3n) is 1.55. The average molecular weight is 181 g/mol. The normalized spacial score (nSPS) is 11.7. The molecule has 1 aromatic heterocycles. The average Bonchev–Trinajstić information content (AvgIpc) is 2.49. The van der Waals surface area contributed by atoms with Crippen LogP contribution in [0.4, 0.5) is 0 Å². The fourth-order valence-corrected chi connectivity index (χ4v) is 0.967.